The number of nitriles is 1. The van der Waals surface area contributed by atoms with E-state index in [1.54, 1.807) is 29.2 Å². The number of halogens is 1. The molecule has 0 saturated carbocycles. The quantitative estimate of drug-likeness (QED) is 0.622. The molecule has 1 atom stereocenters. The molecule has 1 aromatic heterocycles. The van der Waals surface area contributed by atoms with E-state index in [-0.39, 0.29) is 35.0 Å². The predicted octanol–water partition coefficient (Wildman–Crippen LogP) is 2.62. The van der Waals surface area contributed by atoms with E-state index in [4.69, 9.17) is 0 Å². The van der Waals surface area contributed by atoms with Crippen molar-refractivity contribution in [3.63, 3.8) is 0 Å². The Hall–Kier alpha value is -3.57. The molecule has 1 saturated heterocycles. The van der Waals surface area contributed by atoms with Crippen LogP contribution in [-0.4, -0.2) is 46.2 Å². The molecule has 1 unspecified atom stereocenters. The van der Waals surface area contributed by atoms with Gasteiger partial charge in [-0.25, -0.2) is 9.49 Å². The average Bonchev–Trinajstić information content (AvgIpc) is 2.76. The first-order valence-corrected chi connectivity index (χ1v) is 10.6. The maximum atomic E-state index is 14.5. The summed E-state index contributed by atoms with van der Waals surface area (Å²) >= 11 is 0. The second kappa shape index (κ2) is 8.89. The summed E-state index contributed by atoms with van der Waals surface area (Å²) in [6.45, 7) is 4.78. The lowest BCUT2D eigenvalue weighted by atomic mass is 9.99. The number of H-pyrrole nitrogens is 1. The van der Waals surface area contributed by atoms with Gasteiger partial charge in [0.05, 0.1) is 28.8 Å². The third-order valence-corrected chi connectivity index (χ3v) is 5.80. The number of nitrogens with one attached hydrogen (secondary N) is 2. The van der Waals surface area contributed by atoms with Crippen molar-refractivity contribution in [3.8, 4) is 6.07 Å². The maximum Gasteiger partial charge on any atom is 0.272 e. The summed E-state index contributed by atoms with van der Waals surface area (Å²) in [5.41, 5.74) is 1.11. The van der Waals surface area contributed by atoms with Crippen molar-refractivity contribution in [2.75, 3.05) is 13.1 Å². The molecule has 0 spiro atoms. The number of nitrogens with zero attached hydrogens (tertiary/aromatic N) is 3. The summed E-state index contributed by atoms with van der Waals surface area (Å²) in [6, 6.07) is 13.6. The largest absolute Gasteiger partial charge is 0.335 e. The molecule has 8 heteroatoms. The molecule has 1 amide bonds. The molecule has 0 radical (unpaired) electrons. The zero-order chi connectivity index (χ0) is 22.8. The van der Waals surface area contributed by atoms with E-state index in [0.717, 1.165) is 10.9 Å². The van der Waals surface area contributed by atoms with Crippen molar-refractivity contribution in [1.29, 1.82) is 5.26 Å². The van der Waals surface area contributed by atoms with E-state index in [1.165, 1.54) is 6.07 Å². The van der Waals surface area contributed by atoms with Crippen LogP contribution in [0.1, 0.15) is 35.5 Å². The second-order valence-corrected chi connectivity index (χ2v) is 8.46. The molecule has 2 aromatic carbocycles. The van der Waals surface area contributed by atoms with Gasteiger partial charge in [-0.2, -0.15) is 10.4 Å². The number of aromatic amines is 1. The van der Waals surface area contributed by atoms with Crippen LogP contribution in [0.25, 0.3) is 10.8 Å². The van der Waals surface area contributed by atoms with E-state index in [1.807, 2.05) is 26.0 Å². The SMILES string of the molecule is CC(C)C(C#N)NC1CN(C(=O)c2cc(Cc3n[nH]c(=O)c4ccccc34)ccc2F)C1. The number of aromatic nitrogens is 2. The van der Waals surface area contributed by atoms with Crippen LogP contribution in [0.4, 0.5) is 4.39 Å². The Bertz CT molecular complexity index is 1260. The van der Waals surface area contributed by atoms with Crippen LogP contribution in [-0.2, 0) is 6.42 Å². The Morgan fingerprint density at radius 1 is 1.28 bits per heavy atom. The average molecular weight is 433 g/mol. The Morgan fingerprint density at radius 2 is 2.00 bits per heavy atom. The standard InChI is InChI=1S/C24H24FN5O2/c1-14(2)22(11-26)27-16-12-30(13-16)24(32)19-9-15(7-8-20(19)25)10-21-17-5-3-4-6-18(17)23(31)29-28-21/h3-9,14,16,22,27H,10,12-13H2,1-2H3,(H,29,31). The third kappa shape index (κ3) is 4.25. The van der Waals surface area contributed by atoms with Crippen molar-refractivity contribution >= 4 is 16.7 Å². The fourth-order valence-corrected chi connectivity index (χ4v) is 3.90. The number of likely N-dealkylation sites (tertiary alicyclic amines) is 1. The highest BCUT2D eigenvalue weighted by Gasteiger charge is 2.34. The number of fused-ring (bicyclic) bond motifs is 1. The van der Waals surface area contributed by atoms with Gasteiger partial charge in [0.2, 0.25) is 0 Å². The number of carbonyl (C=O) groups is 1. The van der Waals surface area contributed by atoms with Crippen molar-refractivity contribution in [3.05, 3.63) is 75.5 Å². The minimum Gasteiger partial charge on any atom is -0.335 e. The Labute approximate surface area is 184 Å². The predicted molar refractivity (Wildman–Crippen MR) is 119 cm³/mol. The molecule has 0 bridgehead atoms. The monoisotopic (exact) mass is 433 g/mol. The summed E-state index contributed by atoms with van der Waals surface area (Å²) in [7, 11) is 0. The van der Waals surface area contributed by atoms with Gasteiger partial charge < -0.3 is 4.90 Å². The number of hydrogen-bond donors (Lipinski definition) is 2. The lowest BCUT2D eigenvalue weighted by molar-refractivity contribution is 0.0549. The second-order valence-electron chi connectivity index (χ2n) is 8.46. The van der Waals surface area contributed by atoms with Gasteiger partial charge in [0.1, 0.15) is 5.82 Å². The molecule has 1 aliphatic rings. The zero-order valence-corrected chi connectivity index (χ0v) is 17.9. The zero-order valence-electron chi connectivity index (χ0n) is 17.9. The molecule has 1 fully saturated rings. The van der Waals surface area contributed by atoms with Crippen LogP contribution >= 0.6 is 0 Å². The highest BCUT2D eigenvalue weighted by Crippen LogP contribution is 2.21. The molecule has 0 aliphatic carbocycles. The Kier molecular flexibility index (Phi) is 6.01. The molecule has 3 aromatic rings. The van der Waals surface area contributed by atoms with Gasteiger partial charge in [-0.1, -0.05) is 38.1 Å². The summed E-state index contributed by atoms with van der Waals surface area (Å²) < 4.78 is 14.5. The van der Waals surface area contributed by atoms with E-state index in [0.29, 0.717) is 30.6 Å². The summed E-state index contributed by atoms with van der Waals surface area (Å²) in [6.07, 6.45) is 0.347. The van der Waals surface area contributed by atoms with Gasteiger partial charge in [0.15, 0.2) is 0 Å². The number of benzene rings is 2. The number of carbonyl (C=O) groups excluding carboxylic acids is 1. The fraction of sp³-hybridized carbons (Fsp3) is 0.333. The summed E-state index contributed by atoms with van der Waals surface area (Å²) in [5.74, 6) is -0.789. The van der Waals surface area contributed by atoms with E-state index in [2.05, 4.69) is 21.6 Å². The van der Waals surface area contributed by atoms with Crippen molar-refractivity contribution in [2.45, 2.75) is 32.4 Å². The van der Waals surface area contributed by atoms with Crippen LogP contribution in [0.5, 0.6) is 0 Å². The lowest BCUT2D eigenvalue weighted by Crippen LogP contribution is -2.62. The number of rotatable bonds is 6. The molecule has 2 N–H and O–H groups in total. The smallest absolute Gasteiger partial charge is 0.272 e. The molecular weight excluding hydrogens is 409 g/mol. The molecule has 2 heterocycles. The van der Waals surface area contributed by atoms with Crippen molar-refractivity contribution in [1.82, 2.24) is 20.4 Å². The van der Waals surface area contributed by atoms with Gasteiger partial charge in [0.25, 0.3) is 11.5 Å². The first kappa shape index (κ1) is 21.7. The van der Waals surface area contributed by atoms with E-state index < -0.39 is 5.82 Å². The minimum atomic E-state index is -0.577. The molecule has 4 rings (SSSR count). The normalized spacial score (nSPS) is 14.9. The molecule has 164 valence electrons. The highest BCUT2D eigenvalue weighted by molar-refractivity contribution is 5.95. The van der Waals surface area contributed by atoms with Crippen LogP contribution < -0.4 is 10.9 Å². The molecular formula is C24H24FN5O2. The van der Waals surface area contributed by atoms with Gasteiger partial charge in [-0.3, -0.25) is 14.9 Å². The topological polar surface area (TPSA) is 102 Å². The summed E-state index contributed by atoms with van der Waals surface area (Å²) in [5, 5.41) is 20.4. The number of amides is 1. The van der Waals surface area contributed by atoms with Crippen LogP contribution in [0.3, 0.4) is 0 Å². The molecule has 7 nitrogen and oxygen atoms in total. The van der Waals surface area contributed by atoms with Crippen molar-refractivity contribution in [2.24, 2.45) is 5.92 Å². The Balaban J connectivity index is 1.50. The van der Waals surface area contributed by atoms with E-state index >= 15 is 0 Å². The minimum absolute atomic E-state index is 0.00960. The molecule has 1 aliphatic heterocycles. The lowest BCUT2D eigenvalue weighted by Gasteiger charge is -2.41. The number of hydrogen-bond acceptors (Lipinski definition) is 5. The van der Waals surface area contributed by atoms with Gasteiger partial charge >= 0.3 is 0 Å². The fourth-order valence-electron chi connectivity index (χ4n) is 3.90. The molecule has 32 heavy (non-hydrogen) atoms. The maximum absolute atomic E-state index is 14.5. The first-order chi connectivity index (χ1) is 15.4. The Morgan fingerprint density at radius 3 is 2.69 bits per heavy atom. The third-order valence-electron chi connectivity index (χ3n) is 5.80. The van der Waals surface area contributed by atoms with Gasteiger partial charge in [-0.15, -0.1) is 0 Å². The van der Waals surface area contributed by atoms with Crippen molar-refractivity contribution < 1.29 is 9.18 Å². The van der Waals surface area contributed by atoms with E-state index in [9.17, 15) is 19.2 Å². The van der Waals surface area contributed by atoms with Crippen LogP contribution in [0.2, 0.25) is 0 Å². The van der Waals surface area contributed by atoms with Crippen LogP contribution in [0.15, 0.2) is 47.3 Å². The van der Waals surface area contributed by atoms with Crippen LogP contribution in [0, 0.1) is 23.1 Å². The highest BCUT2D eigenvalue weighted by atomic mass is 19.1. The van der Waals surface area contributed by atoms with Gasteiger partial charge in [0, 0.05) is 30.9 Å². The van der Waals surface area contributed by atoms with Gasteiger partial charge in [-0.05, 0) is 29.7 Å². The first-order valence-electron chi connectivity index (χ1n) is 10.6. The summed E-state index contributed by atoms with van der Waals surface area (Å²) in [4.78, 5) is 26.4.